The number of aromatic nitrogens is 2. The number of carbonyl (C=O) groups excluding carboxylic acids is 1. The third-order valence-electron chi connectivity index (χ3n) is 5.19. The molecular weight excluding hydrogens is 336 g/mol. The van der Waals surface area contributed by atoms with Crippen molar-refractivity contribution < 1.29 is 4.79 Å². The van der Waals surface area contributed by atoms with Crippen LogP contribution in [0.4, 0.5) is 0 Å². The maximum absolute atomic E-state index is 13.0. The number of halogens is 1. The van der Waals surface area contributed by atoms with E-state index in [0.717, 1.165) is 55.7 Å². The minimum absolute atomic E-state index is 0. The Kier molecular flexibility index (Phi) is 5.45. The smallest absolute Gasteiger partial charge is 0.257 e. The van der Waals surface area contributed by atoms with Crippen molar-refractivity contribution in [3.05, 3.63) is 47.8 Å². The fourth-order valence-electron chi connectivity index (χ4n) is 3.59. The molecule has 1 aromatic heterocycles. The van der Waals surface area contributed by atoms with Crippen molar-refractivity contribution >= 4 is 18.3 Å². The summed E-state index contributed by atoms with van der Waals surface area (Å²) in [5, 5.41) is 7.87. The highest BCUT2D eigenvalue weighted by atomic mass is 35.5. The molecule has 2 aliphatic rings. The number of nitrogens with one attached hydrogen (secondary N) is 1. The van der Waals surface area contributed by atoms with E-state index in [0.29, 0.717) is 12.0 Å². The van der Waals surface area contributed by atoms with E-state index in [4.69, 9.17) is 0 Å². The molecule has 1 saturated carbocycles. The van der Waals surface area contributed by atoms with Crippen molar-refractivity contribution in [2.45, 2.75) is 37.6 Å². The van der Waals surface area contributed by atoms with Crippen LogP contribution in [0.1, 0.15) is 47.7 Å². The van der Waals surface area contributed by atoms with E-state index in [1.165, 1.54) is 0 Å². The summed E-state index contributed by atoms with van der Waals surface area (Å²) in [6.07, 6.45) is 6.12. The lowest BCUT2D eigenvalue weighted by atomic mass is 10.0. The first-order valence-corrected chi connectivity index (χ1v) is 8.88. The van der Waals surface area contributed by atoms with E-state index < -0.39 is 0 Å². The molecule has 134 valence electrons. The number of nitrogens with zero attached hydrogens (tertiary/aromatic N) is 3. The molecule has 1 aromatic carbocycles. The molecule has 1 aliphatic heterocycles. The molecule has 6 heteroatoms. The van der Waals surface area contributed by atoms with Gasteiger partial charge in [0.1, 0.15) is 0 Å². The van der Waals surface area contributed by atoms with Crippen LogP contribution in [0.3, 0.4) is 0 Å². The van der Waals surface area contributed by atoms with Crippen LogP contribution in [-0.4, -0.2) is 46.8 Å². The van der Waals surface area contributed by atoms with Gasteiger partial charge in [-0.05, 0) is 44.9 Å². The standard InChI is InChI=1S/C19H24N4O.ClH/c1-20-15-9-11-22(12-10-15)19(24)17-13-21-23(18(17)14-7-8-14)16-5-3-2-4-6-16;/h2-6,13-15,20H,7-12H2,1H3;1H. The fraction of sp³-hybridized carbons (Fsp3) is 0.474. The molecule has 1 N–H and O–H groups in total. The second kappa shape index (κ2) is 7.58. The Balaban J connectivity index is 0.00000182. The Morgan fingerprint density at radius 3 is 2.40 bits per heavy atom. The number of amides is 1. The topological polar surface area (TPSA) is 50.2 Å². The summed E-state index contributed by atoms with van der Waals surface area (Å²) >= 11 is 0. The molecule has 1 saturated heterocycles. The summed E-state index contributed by atoms with van der Waals surface area (Å²) < 4.78 is 1.96. The minimum Gasteiger partial charge on any atom is -0.338 e. The van der Waals surface area contributed by atoms with Gasteiger partial charge in [-0.1, -0.05) is 18.2 Å². The summed E-state index contributed by atoms with van der Waals surface area (Å²) in [6, 6.07) is 10.7. The maximum atomic E-state index is 13.0. The van der Waals surface area contributed by atoms with Crippen molar-refractivity contribution in [3.8, 4) is 5.69 Å². The Labute approximate surface area is 154 Å². The zero-order valence-corrected chi connectivity index (χ0v) is 15.3. The Hall–Kier alpha value is -1.85. The van der Waals surface area contributed by atoms with Gasteiger partial charge in [-0.15, -0.1) is 12.4 Å². The van der Waals surface area contributed by atoms with Crippen LogP contribution >= 0.6 is 12.4 Å². The molecule has 0 bridgehead atoms. The first-order valence-electron chi connectivity index (χ1n) is 8.88. The van der Waals surface area contributed by atoms with E-state index in [-0.39, 0.29) is 18.3 Å². The molecule has 2 aromatic rings. The van der Waals surface area contributed by atoms with Crippen LogP contribution < -0.4 is 5.32 Å². The molecule has 0 unspecified atom stereocenters. The summed E-state index contributed by atoms with van der Waals surface area (Å²) in [6.45, 7) is 1.65. The first kappa shape index (κ1) is 18.0. The quantitative estimate of drug-likeness (QED) is 0.911. The van der Waals surface area contributed by atoms with Gasteiger partial charge in [-0.2, -0.15) is 5.10 Å². The van der Waals surface area contributed by atoms with Crippen LogP contribution in [0.2, 0.25) is 0 Å². The van der Waals surface area contributed by atoms with Crippen LogP contribution in [-0.2, 0) is 0 Å². The summed E-state index contributed by atoms with van der Waals surface area (Å²) in [7, 11) is 2.00. The number of para-hydroxylation sites is 1. The number of rotatable bonds is 4. The van der Waals surface area contributed by atoms with Crippen molar-refractivity contribution in [1.29, 1.82) is 0 Å². The Bertz CT molecular complexity index is 718. The third-order valence-corrected chi connectivity index (χ3v) is 5.19. The number of benzene rings is 1. The largest absolute Gasteiger partial charge is 0.338 e. The zero-order chi connectivity index (χ0) is 16.5. The lowest BCUT2D eigenvalue weighted by Crippen LogP contribution is -2.44. The summed E-state index contributed by atoms with van der Waals surface area (Å²) in [5.74, 6) is 0.620. The van der Waals surface area contributed by atoms with Crippen LogP contribution in [0.5, 0.6) is 0 Å². The van der Waals surface area contributed by atoms with Gasteiger partial charge in [0.25, 0.3) is 5.91 Å². The highest BCUT2D eigenvalue weighted by Crippen LogP contribution is 2.42. The molecular formula is C19H25ClN4O. The number of hydrogen-bond acceptors (Lipinski definition) is 3. The van der Waals surface area contributed by atoms with Crippen molar-refractivity contribution in [2.24, 2.45) is 0 Å². The number of hydrogen-bond donors (Lipinski definition) is 1. The summed E-state index contributed by atoms with van der Waals surface area (Å²) in [4.78, 5) is 15.0. The molecule has 5 nitrogen and oxygen atoms in total. The number of piperidine rings is 1. The second-order valence-corrected chi connectivity index (χ2v) is 6.82. The van der Waals surface area contributed by atoms with Gasteiger partial charge in [-0.25, -0.2) is 4.68 Å². The van der Waals surface area contributed by atoms with Crippen molar-refractivity contribution in [2.75, 3.05) is 20.1 Å². The van der Waals surface area contributed by atoms with Crippen molar-refractivity contribution in [1.82, 2.24) is 20.0 Å². The van der Waals surface area contributed by atoms with E-state index in [1.807, 2.05) is 47.0 Å². The first-order chi connectivity index (χ1) is 11.8. The molecule has 0 spiro atoms. The van der Waals surface area contributed by atoms with Crippen molar-refractivity contribution in [3.63, 3.8) is 0 Å². The molecule has 1 amide bonds. The van der Waals surface area contributed by atoms with Gasteiger partial charge < -0.3 is 10.2 Å². The van der Waals surface area contributed by atoms with E-state index >= 15 is 0 Å². The van der Waals surface area contributed by atoms with Crippen LogP contribution in [0.25, 0.3) is 5.69 Å². The maximum Gasteiger partial charge on any atom is 0.257 e. The average Bonchev–Trinajstić information content (AvgIpc) is 3.40. The molecule has 0 radical (unpaired) electrons. The predicted octanol–water partition coefficient (Wildman–Crippen LogP) is 3.00. The fourth-order valence-corrected chi connectivity index (χ4v) is 3.59. The van der Waals surface area contributed by atoms with E-state index in [1.54, 1.807) is 6.20 Å². The monoisotopic (exact) mass is 360 g/mol. The predicted molar refractivity (Wildman–Crippen MR) is 101 cm³/mol. The van der Waals surface area contributed by atoms with E-state index in [9.17, 15) is 4.79 Å². The van der Waals surface area contributed by atoms with Gasteiger partial charge in [0.05, 0.1) is 23.1 Å². The average molecular weight is 361 g/mol. The SMILES string of the molecule is CNC1CCN(C(=O)c2cnn(-c3ccccc3)c2C2CC2)CC1.Cl. The minimum atomic E-state index is 0. The number of carbonyl (C=O) groups is 1. The molecule has 1 aliphatic carbocycles. The highest BCUT2D eigenvalue weighted by molar-refractivity contribution is 5.95. The molecule has 2 heterocycles. The molecule has 4 rings (SSSR count). The Morgan fingerprint density at radius 1 is 1.12 bits per heavy atom. The Morgan fingerprint density at radius 2 is 1.80 bits per heavy atom. The van der Waals surface area contributed by atoms with Crippen LogP contribution in [0.15, 0.2) is 36.5 Å². The van der Waals surface area contributed by atoms with Gasteiger partial charge in [0.2, 0.25) is 0 Å². The normalized spacial score (nSPS) is 18.0. The van der Waals surface area contributed by atoms with Gasteiger partial charge in [-0.3, -0.25) is 4.79 Å². The van der Waals surface area contributed by atoms with Crippen LogP contribution in [0, 0.1) is 0 Å². The number of likely N-dealkylation sites (tertiary alicyclic amines) is 1. The lowest BCUT2D eigenvalue weighted by Gasteiger charge is -2.31. The molecule has 2 fully saturated rings. The van der Waals surface area contributed by atoms with E-state index in [2.05, 4.69) is 10.4 Å². The van der Waals surface area contributed by atoms with Gasteiger partial charge in [0.15, 0.2) is 0 Å². The molecule has 25 heavy (non-hydrogen) atoms. The third kappa shape index (κ3) is 3.58. The second-order valence-electron chi connectivity index (χ2n) is 6.82. The zero-order valence-electron chi connectivity index (χ0n) is 14.5. The van der Waals surface area contributed by atoms with Gasteiger partial charge in [0, 0.05) is 25.0 Å². The summed E-state index contributed by atoms with van der Waals surface area (Å²) in [5.41, 5.74) is 2.93. The lowest BCUT2D eigenvalue weighted by molar-refractivity contribution is 0.0706. The molecule has 0 atom stereocenters. The van der Waals surface area contributed by atoms with Gasteiger partial charge >= 0.3 is 0 Å². The highest BCUT2D eigenvalue weighted by Gasteiger charge is 2.34.